The minimum absolute atomic E-state index is 0.00244. The SMILES string of the molecule is CCN1CCN(C(=O)Cn2nc(C)nc2C)[C@@H](Cc2ccccc2-c2cccc(C)c2)C1=O. The molecule has 0 bridgehead atoms. The van der Waals surface area contributed by atoms with Gasteiger partial charge in [-0.1, -0.05) is 54.1 Å². The van der Waals surface area contributed by atoms with Crippen LogP contribution in [-0.2, 0) is 22.6 Å². The van der Waals surface area contributed by atoms with Gasteiger partial charge in [-0.15, -0.1) is 0 Å². The van der Waals surface area contributed by atoms with Crippen LogP contribution in [0.25, 0.3) is 11.1 Å². The molecule has 0 radical (unpaired) electrons. The predicted octanol–water partition coefficient (Wildman–Crippen LogP) is 3.17. The van der Waals surface area contributed by atoms with Crippen LogP contribution in [0, 0.1) is 20.8 Å². The van der Waals surface area contributed by atoms with Crippen molar-refractivity contribution in [1.29, 1.82) is 0 Å². The lowest BCUT2D eigenvalue weighted by atomic mass is 9.92. The molecule has 0 spiro atoms. The number of carbonyl (C=O) groups excluding carboxylic acids is 2. The summed E-state index contributed by atoms with van der Waals surface area (Å²) in [7, 11) is 0. The molecule has 172 valence electrons. The zero-order valence-electron chi connectivity index (χ0n) is 19.8. The Balaban J connectivity index is 1.65. The largest absolute Gasteiger partial charge is 0.339 e. The zero-order chi connectivity index (χ0) is 23.5. The van der Waals surface area contributed by atoms with Crippen LogP contribution in [0.4, 0.5) is 0 Å². The van der Waals surface area contributed by atoms with Gasteiger partial charge in [0.1, 0.15) is 24.2 Å². The highest BCUT2D eigenvalue weighted by Crippen LogP contribution is 2.27. The van der Waals surface area contributed by atoms with Gasteiger partial charge in [0.2, 0.25) is 11.8 Å². The Morgan fingerprint density at radius 2 is 1.85 bits per heavy atom. The molecule has 33 heavy (non-hydrogen) atoms. The molecule has 1 aliphatic heterocycles. The lowest BCUT2D eigenvalue weighted by Gasteiger charge is -2.40. The molecule has 0 saturated carbocycles. The Labute approximate surface area is 195 Å². The topological polar surface area (TPSA) is 71.3 Å². The van der Waals surface area contributed by atoms with Gasteiger partial charge in [0, 0.05) is 26.1 Å². The fraction of sp³-hybridized carbons (Fsp3) is 0.385. The van der Waals surface area contributed by atoms with E-state index in [9.17, 15) is 9.59 Å². The van der Waals surface area contributed by atoms with E-state index in [1.807, 2.05) is 43.9 Å². The van der Waals surface area contributed by atoms with Crippen LogP contribution in [0.1, 0.15) is 29.7 Å². The number of hydrogen-bond donors (Lipinski definition) is 0. The van der Waals surface area contributed by atoms with Gasteiger partial charge in [0.25, 0.3) is 0 Å². The molecule has 7 heteroatoms. The summed E-state index contributed by atoms with van der Waals surface area (Å²) in [6.45, 7) is 9.49. The molecule has 3 aromatic rings. The molecule has 1 saturated heterocycles. The van der Waals surface area contributed by atoms with Gasteiger partial charge in [0.15, 0.2) is 0 Å². The first-order valence-corrected chi connectivity index (χ1v) is 11.5. The molecular formula is C26H31N5O2. The zero-order valence-corrected chi connectivity index (χ0v) is 19.8. The van der Waals surface area contributed by atoms with Crippen LogP contribution in [0.5, 0.6) is 0 Å². The van der Waals surface area contributed by atoms with Gasteiger partial charge < -0.3 is 9.80 Å². The molecule has 0 aliphatic carbocycles. The minimum Gasteiger partial charge on any atom is -0.339 e. The smallest absolute Gasteiger partial charge is 0.245 e. The number of aromatic nitrogens is 3. The normalized spacial score (nSPS) is 16.4. The molecule has 0 N–H and O–H groups in total. The summed E-state index contributed by atoms with van der Waals surface area (Å²) in [5, 5.41) is 4.33. The second kappa shape index (κ2) is 9.57. The fourth-order valence-electron chi connectivity index (χ4n) is 4.58. The maximum atomic E-state index is 13.4. The number of benzene rings is 2. The van der Waals surface area contributed by atoms with Gasteiger partial charge >= 0.3 is 0 Å². The van der Waals surface area contributed by atoms with Crippen LogP contribution >= 0.6 is 0 Å². The Morgan fingerprint density at radius 3 is 2.55 bits per heavy atom. The van der Waals surface area contributed by atoms with E-state index in [1.54, 1.807) is 9.58 Å². The predicted molar refractivity (Wildman–Crippen MR) is 128 cm³/mol. The number of piperazine rings is 1. The summed E-state index contributed by atoms with van der Waals surface area (Å²) in [5.41, 5.74) is 4.46. The Hall–Kier alpha value is -3.48. The first-order valence-electron chi connectivity index (χ1n) is 11.5. The van der Waals surface area contributed by atoms with E-state index >= 15 is 0 Å². The molecule has 2 amide bonds. The third-order valence-corrected chi connectivity index (χ3v) is 6.29. The van der Waals surface area contributed by atoms with Crippen molar-refractivity contribution in [2.75, 3.05) is 19.6 Å². The number of carbonyl (C=O) groups is 2. The third kappa shape index (κ3) is 4.82. The summed E-state index contributed by atoms with van der Waals surface area (Å²) in [6, 6.07) is 16.0. The highest BCUT2D eigenvalue weighted by atomic mass is 16.2. The maximum Gasteiger partial charge on any atom is 0.245 e. The Bertz CT molecular complexity index is 1170. The highest BCUT2D eigenvalue weighted by molar-refractivity contribution is 5.89. The highest BCUT2D eigenvalue weighted by Gasteiger charge is 2.37. The van der Waals surface area contributed by atoms with Crippen LogP contribution in [-0.4, -0.2) is 62.1 Å². The van der Waals surface area contributed by atoms with E-state index in [0.29, 0.717) is 37.7 Å². The second-order valence-corrected chi connectivity index (χ2v) is 8.62. The number of amides is 2. The third-order valence-electron chi connectivity index (χ3n) is 6.29. The number of rotatable bonds is 6. The average molecular weight is 446 g/mol. The number of nitrogens with zero attached hydrogens (tertiary/aromatic N) is 5. The summed E-state index contributed by atoms with van der Waals surface area (Å²) >= 11 is 0. The fourth-order valence-corrected chi connectivity index (χ4v) is 4.58. The van der Waals surface area contributed by atoms with Gasteiger partial charge in [0.05, 0.1) is 0 Å². The lowest BCUT2D eigenvalue weighted by molar-refractivity contribution is -0.151. The quantitative estimate of drug-likeness (QED) is 0.584. The van der Waals surface area contributed by atoms with E-state index in [0.717, 1.165) is 16.7 Å². The van der Waals surface area contributed by atoms with E-state index in [2.05, 4.69) is 47.3 Å². The van der Waals surface area contributed by atoms with E-state index < -0.39 is 6.04 Å². The van der Waals surface area contributed by atoms with Crippen molar-refractivity contribution in [1.82, 2.24) is 24.6 Å². The molecule has 4 rings (SSSR count). The van der Waals surface area contributed by atoms with Gasteiger partial charge in [-0.05, 0) is 44.4 Å². The van der Waals surface area contributed by atoms with Gasteiger partial charge in [-0.3, -0.25) is 9.59 Å². The first kappa shape index (κ1) is 22.7. The minimum atomic E-state index is -0.540. The monoisotopic (exact) mass is 445 g/mol. The average Bonchev–Trinajstić information content (AvgIpc) is 3.11. The molecular weight excluding hydrogens is 414 g/mol. The van der Waals surface area contributed by atoms with Crippen LogP contribution < -0.4 is 0 Å². The van der Waals surface area contributed by atoms with Gasteiger partial charge in [-0.2, -0.15) is 5.10 Å². The summed E-state index contributed by atoms with van der Waals surface area (Å²) in [6.07, 6.45) is 0.473. The Kier molecular flexibility index (Phi) is 6.58. The lowest BCUT2D eigenvalue weighted by Crippen LogP contribution is -2.60. The van der Waals surface area contributed by atoms with Crippen molar-refractivity contribution in [3.8, 4) is 11.1 Å². The molecule has 2 aromatic carbocycles. The number of aryl methyl sites for hydroxylation is 3. The number of hydrogen-bond acceptors (Lipinski definition) is 4. The van der Waals surface area contributed by atoms with Crippen molar-refractivity contribution < 1.29 is 9.59 Å². The van der Waals surface area contributed by atoms with Crippen molar-refractivity contribution >= 4 is 11.8 Å². The standard InChI is InChI=1S/C26H31N5O2/c1-5-29-13-14-30(25(32)17-31-20(4)27-19(3)28-31)24(26(29)33)16-22-10-6-7-12-23(22)21-11-8-9-18(2)15-21/h6-12,15,24H,5,13-14,16-17H2,1-4H3/t24-/m0/s1. The van der Waals surface area contributed by atoms with Crippen LogP contribution in [0.2, 0.25) is 0 Å². The Morgan fingerprint density at radius 1 is 1.06 bits per heavy atom. The van der Waals surface area contributed by atoms with Crippen molar-refractivity contribution in [3.05, 3.63) is 71.3 Å². The molecule has 7 nitrogen and oxygen atoms in total. The van der Waals surface area contributed by atoms with Crippen molar-refractivity contribution in [2.45, 2.75) is 46.7 Å². The summed E-state index contributed by atoms with van der Waals surface area (Å²) in [5.74, 6) is 1.23. The summed E-state index contributed by atoms with van der Waals surface area (Å²) in [4.78, 5) is 34.6. The van der Waals surface area contributed by atoms with Crippen LogP contribution in [0.15, 0.2) is 48.5 Å². The van der Waals surface area contributed by atoms with E-state index in [1.165, 1.54) is 5.56 Å². The molecule has 1 aliphatic rings. The molecule has 1 fully saturated rings. The molecule has 1 atom stereocenters. The summed E-state index contributed by atoms with van der Waals surface area (Å²) < 4.78 is 1.62. The maximum absolute atomic E-state index is 13.4. The molecule has 0 unspecified atom stereocenters. The first-order chi connectivity index (χ1) is 15.9. The van der Waals surface area contributed by atoms with Crippen molar-refractivity contribution in [2.24, 2.45) is 0 Å². The van der Waals surface area contributed by atoms with Crippen LogP contribution in [0.3, 0.4) is 0 Å². The van der Waals surface area contributed by atoms with Crippen molar-refractivity contribution in [3.63, 3.8) is 0 Å². The molecule has 2 heterocycles. The van der Waals surface area contributed by atoms with Gasteiger partial charge in [-0.25, -0.2) is 9.67 Å². The van der Waals surface area contributed by atoms with E-state index in [4.69, 9.17) is 0 Å². The van der Waals surface area contributed by atoms with E-state index in [-0.39, 0.29) is 18.4 Å². The number of likely N-dealkylation sites (N-methyl/N-ethyl adjacent to an activating group) is 1. The molecule has 1 aromatic heterocycles. The second-order valence-electron chi connectivity index (χ2n) is 8.62.